The number of hydrogen-bond donors (Lipinski definition) is 3. The lowest BCUT2D eigenvalue weighted by molar-refractivity contribution is 0.0935. The number of amides is 1. The van der Waals surface area contributed by atoms with Gasteiger partial charge >= 0.3 is 0 Å². The summed E-state index contributed by atoms with van der Waals surface area (Å²) in [6.07, 6.45) is 4.49. The van der Waals surface area contributed by atoms with Crippen LogP contribution in [0.15, 0.2) is 41.2 Å². The first kappa shape index (κ1) is 18.1. The summed E-state index contributed by atoms with van der Waals surface area (Å²) in [4.78, 5) is 24.5. The summed E-state index contributed by atoms with van der Waals surface area (Å²) in [5, 5.41) is 7.69. The third-order valence-electron chi connectivity index (χ3n) is 4.30. The average Bonchev–Trinajstić information content (AvgIpc) is 3.13. The van der Waals surface area contributed by atoms with Crippen molar-refractivity contribution >= 4 is 23.2 Å². The Bertz CT molecular complexity index is 860. The van der Waals surface area contributed by atoms with Crippen LogP contribution in [0.1, 0.15) is 41.9 Å². The average molecular weight is 371 g/mol. The van der Waals surface area contributed by atoms with Crippen molar-refractivity contribution in [3.05, 3.63) is 58.0 Å². The number of hydrazine groups is 1. The molecule has 0 aliphatic heterocycles. The van der Waals surface area contributed by atoms with E-state index in [1.165, 1.54) is 18.9 Å². The summed E-state index contributed by atoms with van der Waals surface area (Å²) in [5.41, 5.74) is 5.86. The smallest absolute Gasteiger partial charge is 0.294 e. The van der Waals surface area contributed by atoms with Crippen LogP contribution in [0, 0.1) is 6.92 Å². The third kappa shape index (κ3) is 4.26. The van der Waals surface area contributed by atoms with E-state index in [-0.39, 0.29) is 5.69 Å². The maximum atomic E-state index is 12.4. The van der Waals surface area contributed by atoms with Crippen LogP contribution in [0.5, 0.6) is 0 Å². The van der Waals surface area contributed by atoms with Gasteiger partial charge in [0.15, 0.2) is 10.8 Å². The van der Waals surface area contributed by atoms with Crippen LogP contribution in [0.3, 0.4) is 0 Å². The first-order valence-corrected chi connectivity index (χ1v) is 8.98. The van der Waals surface area contributed by atoms with Crippen molar-refractivity contribution in [2.75, 3.05) is 0 Å². The van der Waals surface area contributed by atoms with Crippen LogP contribution in [0.4, 0.5) is 0 Å². The Labute approximate surface area is 156 Å². The molecular weight excluding hydrogens is 350 g/mol. The van der Waals surface area contributed by atoms with Gasteiger partial charge in [-0.3, -0.25) is 20.4 Å². The van der Waals surface area contributed by atoms with Gasteiger partial charge in [-0.15, -0.1) is 0 Å². The van der Waals surface area contributed by atoms with Crippen molar-refractivity contribution in [2.24, 2.45) is 0 Å². The molecule has 1 amide bonds. The maximum Gasteiger partial charge on any atom is 0.294 e. The minimum Gasteiger partial charge on any atom is -0.359 e. The molecule has 3 N–H and O–H groups in total. The number of carbonyl (C=O) groups is 1. The van der Waals surface area contributed by atoms with Crippen LogP contribution >= 0.6 is 12.2 Å². The zero-order chi connectivity index (χ0) is 18.5. The highest BCUT2D eigenvalue weighted by atomic mass is 32.1. The molecule has 8 heteroatoms. The largest absolute Gasteiger partial charge is 0.359 e. The van der Waals surface area contributed by atoms with Gasteiger partial charge < -0.3 is 5.32 Å². The molecular formula is C18H21N5O2S. The third-order valence-corrected chi connectivity index (χ3v) is 4.52. The number of nitrogens with one attached hydrogen (secondary N) is 3. The van der Waals surface area contributed by atoms with E-state index >= 15 is 0 Å². The number of carbonyl (C=O) groups excluding carboxylic acids is 1. The quantitative estimate of drug-likeness (QED) is 0.561. The molecule has 136 valence electrons. The number of benzene rings is 1. The molecule has 1 aliphatic rings. The van der Waals surface area contributed by atoms with Crippen molar-refractivity contribution < 1.29 is 4.79 Å². The van der Waals surface area contributed by atoms with E-state index in [0.29, 0.717) is 16.8 Å². The van der Waals surface area contributed by atoms with Crippen molar-refractivity contribution in [3.8, 4) is 5.69 Å². The van der Waals surface area contributed by atoms with Crippen LogP contribution in [-0.2, 0) is 0 Å². The fraction of sp³-hybridized carbons (Fsp3) is 0.333. The highest BCUT2D eigenvalue weighted by Crippen LogP contribution is 2.17. The molecule has 3 rings (SSSR count). The molecule has 0 bridgehead atoms. The predicted molar refractivity (Wildman–Crippen MR) is 103 cm³/mol. The molecule has 1 saturated carbocycles. The van der Waals surface area contributed by atoms with E-state index in [4.69, 9.17) is 12.2 Å². The van der Waals surface area contributed by atoms with Crippen LogP contribution in [-0.4, -0.2) is 26.8 Å². The minimum absolute atomic E-state index is 0.199. The SMILES string of the molecule is Cc1cc(=O)c(C(=O)NNC(=S)NC2CCCC2)nn1-c1ccccc1. The number of hydrogen-bond acceptors (Lipinski definition) is 4. The lowest BCUT2D eigenvalue weighted by Crippen LogP contribution is -2.50. The maximum absolute atomic E-state index is 12.4. The predicted octanol–water partition coefficient (Wildman–Crippen LogP) is 1.59. The highest BCUT2D eigenvalue weighted by Gasteiger charge is 2.18. The second kappa shape index (κ2) is 8.09. The Balaban J connectivity index is 1.70. The molecule has 1 aromatic carbocycles. The Hall–Kier alpha value is -2.74. The van der Waals surface area contributed by atoms with Gasteiger partial charge in [-0.2, -0.15) is 5.10 Å². The van der Waals surface area contributed by atoms with Crippen LogP contribution < -0.4 is 21.6 Å². The molecule has 0 spiro atoms. The van der Waals surface area contributed by atoms with Gasteiger partial charge in [0.1, 0.15) is 0 Å². The van der Waals surface area contributed by atoms with Gasteiger partial charge in [-0.1, -0.05) is 31.0 Å². The number of para-hydroxylation sites is 1. The second-order valence-electron chi connectivity index (χ2n) is 6.28. The molecule has 1 aromatic heterocycles. The zero-order valence-corrected chi connectivity index (χ0v) is 15.3. The van der Waals surface area contributed by atoms with E-state index in [1.54, 1.807) is 11.6 Å². The van der Waals surface area contributed by atoms with Gasteiger partial charge in [0.2, 0.25) is 5.43 Å². The molecule has 1 fully saturated rings. The monoisotopic (exact) mass is 371 g/mol. The molecule has 0 saturated heterocycles. The van der Waals surface area contributed by atoms with Crippen molar-refractivity contribution in [1.82, 2.24) is 25.9 Å². The number of aryl methyl sites for hydroxylation is 1. The summed E-state index contributed by atoms with van der Waals surface area (Å²) in [5.74, 6) is -0.629. The summed E-state index contributed by atoms with van der Waals surface area (Å²) in [7, 11) is 0. The standard InChI is InChI=1S/C18H21N5O2S/c1-12-11-15(24)16(22-23(12)14-9-3-2-4-10-14)17(25)20-21-18(26)19-13-7-5-6-8-13/h2-4,9-11,13H,5-8H2,1H3,(H,20,25)(H2,19,21,26). The summed E-state index contributed by atoms with van der Waals surface area (Å²) >= 11 is 5.17. The summed E-state index contributed by atoms with van der Waals surface area (Å²) < 4.78 is 1.56. The lowest BCUT2D eigenvalue weighted by atomic mass is 10.2. The van der Waals surface area contributed by atoms with Crippen molar-refractivity contribution in [1.29, 1.82) is 0 Å². The normalized spacial score (nSPS) is 14.0. The minimum atomic E-state index is -0.629. The Morgan fingerprint density at radius 2 is 1.88 bits per heavy atom. The van der Waals surface area contributed by atoms with Crippen LogP contribution in [0.2, 0.25) is 0 Å². The van der Waals surface area contributed by atoms with Crippen LogP contribution in [0.25, 0.3) is 5.69 Å². The highest BCUT2D eigenvalue weighted by molar-refractivity contribution is 7.80. The number of nitrogens with zero attached hydrogens (tertiary/aromatic N) is 2. The molecule has 0 radical (unpaired) electrons. The summed E-state index contributed by atoms with van der Waals surface area (Å²) in [6.45, 7) is 1.77. The number of thiocarbonyl (C=S) groups is 1. The Kier molecular flexibility index (Phi) is 5.62. The zero-order valence-electron chi connectivity index (χ0n) is 14.5. The van der Waals surface area contributed by atoms with Gasteiger partial charge in [-0.05, 0) is 44.1 Å². The Morgan fingerprint density at radius 1 is 1.19 bits per heavy atom. The van der Waals surface area contributed by atoms with Crippen molar-refractivity contribution in [3.63, 3.8) is 0 Å². The molecule has 0 unspecified atom stereocenters. The Morgan fingerprint density at radius 3 is 2.58 bits per heavy atom. The topological polar surface area (TPSA) is 88.1 Å². The second-order valence-corrected chi connectivity index (χ2v) is 6.69. The van der Waals surface area contributed by atoms with E-state index in [0.717, 1.165) is 18.5 Å². The van der Waals surface area contributed by atoms with E-state index < -0.39 is 11.3 Å². The number of aromatic nitrogens is 2. The first-order chi connectivity index (χ1) is 12.5. The summed E-state index contributed by atoms with van der Waals surface area (Å²) in [6, 6.07) is 11.0. The fourth-order valence-electron chi connectivity index (χ4n) is 3.00. The van der Waals surface area contributed by atoms with Gasteiger partial charge in [0, 0.05) is 17.8 Å². The van der Waals surface area contributed by atoms with E-state index in [2.05, 4.69) is 21.3 Å². The molecule has 7 nitrogen and oxygen atoms in total. The molecule has 26 heavy (non-hydrogen) atoms. The van der Waals surface area contributed by atoms with E-state index in [9.17, 15) is 9.59 Å². The fourth-order valence-corrected chi connectivity index (χ4v) is 3.22. The number of rotatable bonds is 3. The van der Waals surface area contributed by atoms with Gasteiger partial charge in [-0.25, -0.2) is 4.68 Å². The molecule has 1 heterocycles. The van der Waals surface area contributed by atoms with E-state index in [1.807, 2.05) is 30.3 Å². The molecule has 2 aromatic rings. The van der Waals surface area contributed by atoms with Gasteiger partial charge in [0.25, 0.3) is 5.91 Å². The molecule has 1 aliphatic carbocycles. The first-order valence-electron chi connectivity index (χ1n) is 8.58. The molecule has 0 atom stereocenters. The van der Waals surface area contributed by atoms with Gasteiger partial charge in [0.05, 0.1) is 5.69 Å². The van der Waals surface area contributed by atoms with Crippen molar-refractivity contribution in [2.45, 2.75) is 38.6 Å². The lowest BCUT2D eigenvalue weighted by Gasteiger charge is -2.16.